The molecule has 7 nitrogen and oxygen atoms in total. The van der Waals surface area contributed by atoms with Crippen molar-refractivity contribution in [3.05, 3.63) is 48.5 Å². The Balaban J connectivity index is 1.27. The molecule has 0 unspecified atom stereocenters. The van der Waals surface area contributed by atoms with E-state index < -0.39 is 0 Å². The average molecular weight is 409 g/mol. The van der Waals surface area contributed by atoms with Crippen molar-refractivity contribution in [1.82, 2.24) is 25.2 Å². The van der Waals surface area contributed by atoms with E-state index in [-0.39, 0.29) is 11.7 Å². The number of hydrogen-bond acceptors (Lipinski definition) is 7. The van der Waals surface area contributed by atoms with E-state index in [0.29, 0.717) is 11.2 Å². The van der Waals surface area contributed by atoms with Crippen LogP contribution in [-0.2, 0) is 4.79 Å². The minimum atomic E-state index is -0.0863. The Morgan fingerprint density at radius 3 is 2.96 bits per heavy atom. The number of anilines is 1. The highest BCUT2D eigenvalue weighted by Crippen LogP contribution is 2.36. The predicted molar refractivity (Wildman–Crippen MR) is 110 cm³/mol. The van der Waals surface area contributed by atoms with Crippen LogP contribution >= 0.6 is 23.1 Å². The molecule has 28 heavy (non-hydrogen) atoms. The SMILES string of the molecule is O=C(CSc1nnnn1C1CC1)Nc1cccc(-c2nc3ccccc3s2)c1. The highest BCUT2D eigenvalue weighted by molar-refractivity contribution is 7.99. The molecule has 5 rings (SSSR count). The first-order valence-corrected chi connectivity index (χ1v) is 10.7. The molecule has 1 N–H and O–H groups in total. The molecule has 1 aliphatic carbocycles. The minimum Gasteiger partial charge on any atom is -0.325 e. The van der Waals surface area contributed by atoms with Gasteiger partial charge in [-0.15, -0.1) is 16.4 Å². The van der Waals surface area contributed by atoms with Crippen LogP contribution in [0.2, 0.25) is 0 Å². The molecular weight excluding hydrogens is 392 g/mol. The topological polar surface area (TPSA) is 85.6 Å². The Morgan fingerprint density at radius 1 is 1.21 bits per heavy atom. The number of fused-ring (bicyclic) bond motifs is 1. The molecule has 2 aromatic heterocycles. The maximum Gasteiger partial charge on any atom is 0.234 e. The summed E-state index contributed by atoms with van der Waals surface area (Å²) in [7, 11) is 0. The predicted octanol–water partition coefficient (Wildman–Crippen LogP) is 4.02. The lowest BCUT2D eigenvalue weighted by molar-refractivity contribution is -0.113. The van der Waals surface area contributed by atoms with Gasteiger partial charge >= 0.3 is 0 Å². The summed E-state index contributed by atoms with van der Waals surface area (Å²) < 4.78 is 2.96. The van der Waals surface area contributed by atoms with E-state index in [1.807, 2.05) is 47.1 Å². The first-order valence-electron chi connectivity index (χ1n) is 8.93. The molecule has 1 fully saturated rings. The van der Waals surface area contributed by atoms with Crippen molar-refractivity contribution in [2.75, 3.05) is 11.1 Å². The number of para-hydroxylation sites is 1. The van der Waals surface area contributed by atoms with Crippen LogP contribution in [-0.4, -0.2) is 36.9 Å². The van der Waals surface area contributed by atoms with E-state index >= 15 is 0 Å². The van der Waals surface area contributed by atoms with Crippen LogP contribution < -0.4 is 5.32 Å². The summed E-state index contributed by atoms with van der Waals surface area (Å²) in [6.45, 7) is 0. The summed E-state index contributed by atoms with van der Waals surface area (Å²) in [6, 6.07) is 16.2. The Bertz CT molecular complexity index is 1120. The lowest BCUT2D eigenvalue weighted by atomic mass is 10.2. The van der Waals surface area contributed by atoms with Gasteiger partial charge in [-0.25, -0.2) is 9.67 Å². The molecule has 1 aliphatic rings. The lowest BCUT2D eigenvalue weighted by Gasteiger charge is -2.06. The van der Waals surface area contributed by atoms with E-state index in [2.05, 4.69) is 31.9 Å². The third kappa shape index (κ3) is 3.63. The molecule has 1 saturated carbocycles. The van der Waals surface area contributed by atoms with Gasteiger partial charge in [0.25, 0.3) is 0 Å². The van der Waals surface area contributed by atoms with E-state index in [4.69, 9.17) is 0 Å². The van der Waals surface area contributed by atoms with Crippen molar-refractivity contribution in [3.63, 3.8) is 0 Å². The normalized spacial score (nSPS) is 13.7. The van der Waals surface area contributed by atoms with Crippen LogP contribution in [0, 0.1) is 0 Å². The smallest absolute Gasteiger partial charge is 0.234 e. The first-order chi connectivity index (χ1) is 13.8. The quantitative estimate of drug-likeness (QED) is 0.485. The fraction of sp³-hybridized carbons (Fsp3) is 0.211. The van der Waals surface area contributed by atoms with Gasteiger partial charge in [-0.1, -0.05) is 36.0 Å². The van der Waals surface area contributed by atoms with Gasteiger partial charge in [-0.05, 0) is 47.5 Å². The molecule has 9 heteroatoms. The number of carbonyl (C=O) groups is 1. The number of carbonyl (C=O) groups excluding carboxylic acids is 1. The van der Waals surface area contributed by atoms with Crippen LogP contribution in [0.15, 0.2) is 53.7 Å². The summed E-state index contributed by atoms with van der Waals surface area (Å²) >= 11 is 3.00. The van der Waals surface area contributed by atoms with Crippen LogP contribution in [0.5, 0.6) is 0 Å². The number of benzene rings is 2. The molecule has 0 bridgehead atoms. The number of thiazole rings is 1. The second-order valence-corrected chi connectivity index (χ2v) is 8.51. The molecule has 4 aromatic rings. The summed E-state index contributed by atoms with van der Waals surface area (Å²) in [6.07, 6.45) is 2.20. The van der Waals surface area contributed by atoms with Crippen LogP contribution in [0.1, 0.15) is 18.9 Å². The number of rotatable bonds is 6. The number of aromatic nitrogens is 5. The lowest BCUT2D eigenvalue weighted by Crippen LogP contribution is -2.14. The standard InChI is InChI=1S/C19H16N6OS2/c26-17(11-27-19-22-23-24-25(19)14-8-9-14)20-13-5-3-4-12(10-13)18-21-15-6-1-2-7-16(15)28-18/h1-7,10,14H,8-9,11H2,(H,20,26). The zero-order chi connectivity index (χ0) is 18.9. The second kappa shape index (κ2) is 7.33. The van der Waals surface area contributed by atoms with Crippen molar-refractivity contribution < 1.29 is 4.79 Å². The molecule has 140 valence electrons. The molecule has 1 amide bonds. The molecule has 0 spiro atoms. The monoisotopic (exact) mass is 408 g/mol. The molecule has 2 aromatic carbocycles. The highest BCUT2D eigenvalue weighted by Gasteiger charge is 2.28. The number of thioether (sulfide) groups is 1. The van der Waals surface area contributed by atoms with Gasteiger partial charge in [0.2, 0.25) is 11.1 Å². The third-order valence-electron chi connectivity index (χ3n) is 4.37. The van der Waals surface area contributed by atoms with E-state index in [0.717, 1.165) is 39.3 Å². The Kier molecular flexibility index (Phi) is 4.53. The number of amides is 1. The molecule has 0 saturated heterocycles. The van der Waals surface area contributed by atoms with Crippen molar-refractivity contribution >= 4 is 44.9 Å². The zero-order valence-corrected chi connectivity index (χ0v) is 16.4. The Hall–Kier alpha value is -2.78. The fourth-order valence-electron chi connectivity index (χ4n) is 2.88. The number of tetrazole rings is 1. The number of nitrogens with one attached hydrogen (secondary N) is 1. The van der Waals surface area contributed by atoms with Crippen LogP contribution in [0.4, 0.5) is 5.69 Å². The molecule has 0 aliphatic heterocycles. The maximum atomic E-state index is 12.4. The van der Waals surface area contributed by atoms with Gasteiger partial charge < -0.3 is 5.32 Å². The number of hydrogen-bond donors (Lipinski definition) is 1. The van der Waals surface area contributed by atoms with Gasteiger partial charge in [0.15, 0.2) is 0 Å². The number of nitrogens with zero attached hydrogens (tertiary/aromatic N) is 5. The van der Waals surface area contributed by atoms with E-state index in [9.17, 15) is 4.79 Å². The van der Waals surface area contributed by atoms with Gasteiger partial charge in [-0.3, -0.25) is 4.79 Å². The molecular formula is C19H16N6OS2. The Morgan fingerprint density at radius 2 is 2.11 bits per heavy atom. The first kappa shape index (κ1) is 17.3. The minimum absolute atomic E-state index is 0.0863. The van der Waals surface area contributed by atoms with Gasteiger partial charge in [0.1, 0.15) is 5.01 Å². The van der Waals surface area contributed by atoms with Crippen molar-refractivity contribution in [3.8, 4) is 10.6 Å². The highest BCUT2D eigenvalue weighted by atomic mass is 32.2. The van der Waals surface area contributed by atoms with E-state index in [1.54, 1.807) is 11.3 Å². The van der Waals surface area contributed by atoms with Crippen LogP contribution in [0.25, 0.3) is 20.8 Å². The van der Waals surface area contributed by atoms with Crippen molar-refractivity contribution in [2.45, 2.75) is 24.0 Å². The second-order valence-electron chi connectivity index (χ2n) is 6.54. The largest absolute Gasteiger partial charge is 0.325 e. The zero-order valence-electron chi connectivity index (χ0n) is 14.8. The Labute approximate surface area is 169 Å². The summed E-state index contributed by atoms with van der Waals surface area (Å²) in [4.78, 5) is 17.1. The van der Waals surface area contributed by atoms with Gasteiger partial charge in [0, 0.05) is 11.3 Å². The van der Waals surface area contributed by atoms with Crippen molar-refractivity contribution in [1.29, 1.82) is 0 Å². The summed E-state index contributed by atoms with van der Waals surface area (Å²) in [5.41, 5.74) is 2.73. The molecule has 0 radical (unpaired) electrons. The van der Waals surface area contributed by atoms with E-state index in [1.165, 1.54) is 11.8 Å². The van der Waals surface area contributed by atoms with Crippen molar-refractivity contribution in [2.24, 2.45) is 0 Å². The van der Waals surface area contributed by atoms with Gasteiger partial charge in [0.05, 0.1) is 22.0 Å². The van der Waals surface area contributed by atoms with Crippen LogP contribution in [0.3, 0.4) is 0 Å². The van der Waals surface area contributed by atoms with Gasteiger partial charge in [-0.2, -0.15) is 0 Å². The summed E-state index contributed by atoms with van der Waals surface area (Å²) in [5, 5.41) is 16.3. The molecule has 0 atom stereocenters. The third-order valence-corrected chi connectivity index (χ3v) is 6.39. The average Bonchev–Trinajstić information content (AvgIpc) is 3.28. The fourth-order valence-corrected chi connectivity index (χ4v) is 4.59. The maximum absolute atomic E-state index is 12.4. The molecule has 2 heterocycles. The summed E-state index contributed by atoms with van der Waals surface area (Å²) in [5.74, 6) is 0.176.